The van der Waals surface area contributed by atoms with Crippen molar-refractivity contribution in [1.29, 1.82) is 0 Å². The van der Waals surface area contributed by atoms with E-state index in [-0.39, 0.29) is 0 Å². The Labute approximate surface area is 122 Å². The van der Waals surface area contributed by atoms with E-state index in [0.29, 0.717) is 6.61 Å². The van der Waals surface area contributed by atoms with E-state index >= 15 is 0 Å². The molecule has 0 unspecified atom stereocenters. The van der Waals surface area contributed by atoms with Crippen LogP contribution in [-0.4, -0.2) is 0 Å². The average Bonchev–Trinajstić information content (AvgIpc) is 2.39. The van der Waals surface area contributed by atoms with Gasteiger partial charge in [0.25, 0.3) is 0 Å². The van der Waals surface area contributed by atoms with Crippen LogP contribution in [0.2, 0.25) is 0 Å². The average molecular weight is 317 g/mol. The molecule has 1 fully saturated rings. The van der Waals surface area contributed by atoms with Crippen LogP contribution in [-0.2, 0) is 6.61 Å². The molecule has 1 nitrogen and oxygen atoms in total. The van der Waals surface area contributed by atoms with E-state index in [1.165, 1.54) is 34.9 Å². The molecule has 0 aliphatic heterocycles. The smallest absolute Gasteiger partial charge is 0.120 e. The fraction of sp³-hybridized carbons (Fsp3) is 0.294. The van der Waals surface area contributed by atoms with Gasteiger partial charge in [0.05, 0.1) is 0 Å². The molecule has 0 atom stereocenters. The SMILES string of the molecule is Brc1ccc(OCc2ccccc2)cc1C1CCC1. The Bertz CT molecular complexity index is 546. The molecule has 1 saturated carbocycles. The molecule has 2 aromatic carbocycles. The summed E-state index contributed by atoms with van der Waals surface area (Å²) in [6.45, 7) is 0.632. The zero-order valence-corrected chi connectivity index (χ0v) is 12.4. The number of rotatable bonds is 4. The van der Waals surface area contributed by atoms with Crippen molar-refractivity contribution >= 4 is 15.9 Å². The van der Waals surface area contributed by atoms with E-state index in [2.05, 4.69) is 40.2 Å². The van der Waals surface area contributed by atoms with Gasteiger partial charge in [-0.2, -0.15) is 0 Å². The Balaban J connectivity index is 1.71. The summed E-state index contributed by atoms with van der Waals surface area (Å²) in [4.78, 5) is 0. The second-order valence-electron chi connectivity index (χ2n) is 5.09. The van der Waals surface area contributed by atoms with Gasteiger partial charge in [0.1, 0.15) is 12.4 Å². The maximum absolute atomic E-state index is 5.89. The van der Waals surface area contributed by atoms with E-state index in [1.807, 2.05) is 24.3 Å². The lowest BCUT2D eigenvalue weighted by Crippen LogP contribution is -2.09. The van der Waals surface area contributed by atoms with Crippen LogP contribution in [0.1, 0.15) is 36.3 Å². The Kier molecular flexibility index (Phi) is 3.88. The highest BCUT2D eigenvalue weighted by atomic mass is 79.9. The molecule has 0 amide bonds. The molecule has 98 valence electrons. The molecule has 0 radical (unpaired) electrons. The minimum atomic E-state index is 0.632. The third kappa shape index (κ3) is 3.01. The van der Waals surface area contributed by atoms with Gasteiger partial charge in [0, 0.05) is 4.47 Å². The monoisotopic (exact) mass is 316 g/mol. The molecule has 2 aromatic rings. The van der Waals surface area contributed by atoms with Crippen molar-refractivity contribution in [2.75, 3.05) is 0 Å². The van der Waals surface area contributed by atoms with E-state index in [4.69, 9.17) is 4.74 Å². The van der Waals surface area contributed by atoms with Crippen molar-refractivity contribution in [3.63, 3.8) is 0 Å². The Morgan fingerprint density at radius 1 is 1.05 bits per heavy atom. The van der Waals surface area contributed by atoms with Gasteiger partial charge in [-0.15, -0.1) is 0 Å². The quantitative estimate of drug-likeness (QED) is 0.744. The number of ether oxygens (including phenoxy) is 1. The summed E-state index contributed by atoms with van der Waals surface area (Å²) in [5.41, 5.74) is 2.60. The molecule has 19 heavy (non-hydrogen) atoms. The van der Waals surface area contributed by atoms with Crippen molar-refractivity contribution < 1.29 is 4.74 Å². The molecule has 1 aliphatic carbocycles. The Hall–Kier alpha value is -1.28. The molecule has 0 heterocycles. The van der Waals surface area contributed by atoms with Crippen molar-refractivity contribution in [2.45, 2.75) is 31.8 Å². The van der Waals surface area contributed by atoms with Crippen molar-refractivity contribution in [3.05, 3.63) is 64.1 Å². The van der Waals surface area contributed by atoms with Gasteiger partial charge in [-0.1, -0.05) is 52.7 Å². The van der Waals surface area contributed by atoms with E-state index < -0.39 is 0 Å². The summed E-state index contributed by atoms with van der Waals surface area (Å²) in [6, 6.07) is 16.6. The summed E-state index contributed by atoms with van der Waals surface area (Å²) in [5, 5.41) is 0. The number of halogens is 1. The van der Waals surface area contributed by atoms with Crippen LogP contribution in [0.3, 0.4) is 0 Å². The molecule has 0 N–H and O–H groups in total. The van der Waals surface area contributed by atoms with Gasteiger partial charge in [0.15, 0.2) is 0 Å². The molecular weight excluding hydrogens is 300 g/mol. The maximum atomic E-state index is 5.89. The minimum Gasteiger partial charge on any atom is -0.489 e. The van der Waals surface area contributed by atoms with Gasteiger partial charge in [-0.25, -0.2) is 0 Å². The summed E-state index contributed by atoms with van der Waals surface area (Å²) in [5.74, 6) is 1.68. The summed E-state index contributed by atoms with van der Waals surface area (Å²) >= 11 is 3.65. The molecule has 0 bridgehead atoms. The van der Waals surface area contributed by atoms with E-state index in [9.17, 15) is 0 Å². The first-order valence-corrected chi connectivity index (χ1v) is 7.58. The summed E-state index contributed by atoms with van der Waals surface area (Å²) < 4.78 is 7.10. The van der Waals surface area contributed by atoms with Crippen LogP contribution >= 0.6 is 15.9 Å². The molecule has 0 spiro atoms. The van der Waals surface area contributed by atoms with Crippen LogP contribution in [0.25, 0.3) is 0 Å². The lowest BCUT2D eigenvalue weighted by Gasteiger charge is -2.27. The first kappa shape index (κ1) is 12.7. The number of hydrogen-bond donors (Lipinski definition) is 0. The van der Waals surface area contributed by atoms with Gasteiger partial charge < -0.3 is 4.74 Å². The topological polar surface area (TPSA) is 9.23 Å². The highest BCUT2D eigenvalue weighted by molar-refractivity contribution is 9.10. The molecule has 2 heteroatoms. The molecule has 1 aliphatic rings. The van der Waals surface area contributed by atoms with Crippen LogP contribution < -0.4 is 4.74 Å². The lowest BCUT2D eigenvalue weighted by molar-refractivity contribution is 0.305. The van der Waals surface area contributed by atoms with Gasteiger partial charge in [-0.3, -0.25) is 0 Å². The maximum Gasteiger partial charge on any atom is 0.120 e. The Morgan fingerprint density at radius 3 is 2.53 bits per heavy atom. The zero-order chi connectivity index (χ0) is 13.1. The van der Waals surface area contributed by atoms with Gasteiger partial charge in [-0.05, 0) is 48.1 Å². The van der Waals surface area contributed by atoms with Crippen LogP contribution in [0.5, 0.6) is 5.75 Å². The normalized spacial score (nSPS) is 15.0. The predicted octanol–water partition coefficient (Wildman–Crippen LogP) is 5.30. The third-order valence-corrected chi connectivity index (χ3v) is 4.48. The lowest BCUT2D eigenvalue weighted by atomic mass is 9.80. The molecular formula is C17H17BrO. The van der Waals surface area contributed by atoms with Gasteiger partial charge in [0.2, 0.25) is 0 Å². The standard InChI is InChI=1S/C17H17BrO/c18-17-10-9-15(11-16(17)14-7-4-8-14)19-12-13-5-2-1-3-6-13/h1-3,5-6,9-11,14H,4,7-8,12H2. The Morgan fingerprint density at radius 2 is 1.84 bits per heavy atom. The van der Waals surface area contributed by atoms with Crippen LogP contribution in [0, 0.1) is 0 Å². The molecule has 0 saturated heterocycles. The van der Waals surface area contributed by atoms with Crippen molar-refractivity contribution in [1.82, 2.24) is 0 Å². The van der Waals surface area contributed by atoms with Gasteiger partial charge >= 0.3 is 0 Å². The zero-order valence-electron chi connectivity index (χ0n) is 10.8. The minimum absolute atomic E-state index is 0.632. The van der Waals surface area contributed by atoms with Crippen LogP contribution in [0.4, 0.5) is 0 Å². The first-order valence-electron chi connectivity index (χ1n) is 6.79. The highest BCUT2D eigenvalue weighted by Gasteiger charge is 2.22. The number of benzene rings is 2. The largest absolute Gasteiger partial charge is 0.489 e. The summed E-state index contributed by atoms with van der Waals surface area (Å²) in [7, 11) is 0. The number of hydrogen-bond acceptors (Lipinski definition) is 1. The molecule has 0 aromatic heterocycles. The highest BCUT2D eigenvalue weighted by Crippen LogP contribution is 2.41. The molecule has 3 rings (SSSR count). The second kappa shape index (κ2) is 5.79. The van der Waals surface area contributed by atoms with Crippen LogP contribution in [0.15, 0.2) is 53.0 Å². The third-order valence-electron chi connectivity index (χ3n) is 3.76. The first-order chi connectivity index (χ1) is 9.33. The van der Waals surface area contributed by atoms with E-state index in [1.54, 1.807) is 0 Å². The summed E-state index contributed by atoms with van der Waals surface area (Å²) in [6.07, 6.45) is 3.97. The predicted molar refractivity (Wildman–Crippen MR) is 81.5 cm³/mol. The van der Waals surface area contributed by atoms with Crippen molar-refractivity contribution in [2.24, 2.45) is 0 Å². The van der Waals surface area contributed by atoms with E-state index in [0.717, 1.165) is 11.7 Å². The second-order valence-corrected chi connectivity index (χ2v) is 5.94. The fourth-order valence-corrected chi connectivity index (χ4v) is 2.95. The fourth-order valence-electron chi connectivity index (χ4n) is 2.38. The van der Waals surface area contributed by atoms with Crippen molar-refractivity contribution in [3.8, 4) is 5.75 Å².